The summed E-state index contributed by atoms with van der Waals surface area (Å²) in [5.41, 5.74) is 2.44. The van der Waals surface area contributed by atoms with Crippen molar-refractivity contribution in [2.75, 3.05) is 27.3 Å². The number of likely N-dealkylation sites (N-methyl/N-ethyl adjacent to an activating group) is 1. The first-order valence-electron chi connectivity index (χ1n) is 10.4. The second-order valence-electron chi connectivity index (χ2n) is 7.99. The van der Waals surface area contributed by atoms with Crippen molar-refractivity contribution in [2.24, 2.45) is 0 Å². The zero-order valence-corrected chi connectivity index (χ0v) is 17.2. The Balaban J connectivity index is 1.42. The third-order valence-corrected chi connectivity index (χ3v) is 6.07. The van der Waals surface area contributed by atoms with Gasteiger partial charge in [-0.1, -0.05) is 36.4 Å². The van der Waals surface area contributed by atoms with Gasteiger partial charge in [0.2, 0.25) is 5.91 Å². The topological polar surface area (TPSA) is 48.0 Å². The molecule has 1 saturated heterocycles. The largest absolute Gasteiger partial charge is 0.493 e. The molecule has 0 spiro atoms. The number of rotatable bonds is 5. The number of nitrogens with zero attached hydrogens (tertiary/aromatic N) is 1. The molecule has 5 nitrogen and oxygen atoms in total. The highest BCUT2D eigenvalue weighted by molar-refractivity contribution is 5.77. The maximum absolute atomic E-state index is 11.7. The predicted molar refractivity (Wildman–Crippen MR) is 111 cm³/mol. The molecule has 1 amide bonds. The van der Waals surface area contributed by atoms with Gasteiger partial charge in [0.25, 0.3) is 0 Å². The first kappa shape index (κ1) is 19.8. The number of carbonyl (C=O) groups excluding carboxylic acids is 1. The molecule has 2 aromatic rings. The van der Waals surface area contributed by atoms with Gasteiger partial charge in [-0.25, -0.2) is 0 Å². The van der Waals surface area contributed by atoms with E-state index >= 15 is 0 Å². The summed E-state index contributed by atoms with van der Waals surface area (Å²) < 4.78 is 17.6. The average molecular weight is 395 g/mol. The fourth-order valence-electron chi connectivity index (χ4n) is 4.29. The monoisotopic (exact) mass is 395 g/mol. The van der Waals surface area contributed by atoms with Crippen LogP contribution in [0.1, 0.15) is 48.8 Å². The van der Waals surface area contributed by atoms with E-state index in [1.54, 1.807) is 12.0 Å². The number of methoxy groups -OCH3 is 1. The molecule has 0 aromatic heterocycles. The van der Waals surface area contributed by atoms with Crippen LogP contribution in [0, 0.1) is 0 Å². The molecule has 1 atom stereocenters. The zero-order valence-electron chi connectivity index (χ0n) is 17.2. The molecule has 1 heterocycles. The lowest BCUT2D eigenvalue weighted by molar-refractivity contribution is -0.147. The molecule has 154 valence electrons. The molecule has 0 bridgehead atoms. The van der Waals surface area contributed by atoms with Gasteiger partial charge < -0.3 is 19.1 Å². The summed E-state index contributed by atoms with van der Waals surface area (Å²) in [5, 5.41) is 0. The van der Waals surface area contributed by atoms with Gasteiger partial charge in [-0.2, -0.15) is 0 Å². The Bertz CT molecular complexity index is 830. The number of hydrogen-bond donors (Lipinski definition) is 0. The van der Waals surface area contributed by atoms with Crippen molar-refractivity contribution in [1.29, 1.82) is 0 Å². The number of carbonyl (C=O) groups is 1. The van der Waals surface area contributed by atoms with E-state index in [0.717, 1.165) is 42.7 Å². The summed E-state index contributed by atoms with van der Waals surface area (Å²) in [6.07, 6.45) is 4.38. The fourth-order valence-corrected chi connectivity index (χ4v) is 4.29. The second kappa shape index (κ2) is 8.87. The van der Waals surface area contributed by atoms with E-state index in [9.17, 15) is 4.79 Å². The van der Waals surface area contributed by atoms with E-state index in [-0.39, 0.29) is 24.7 Å². The SMILES string of the molecule is COc1ccc(C2CN(C)C(=O)CO2)cc1OC1CCC(c2ccccc2)CC1. The molecule has 0 radical (unpaired) electrons. The number of morpholine rings is 1. The van der Waals surface area contributed by atoms with E-state index in [4.69, 9.17) is 14.2 Å². The van der Waals surface area contributed by atoms with Crippen LogP contribution in [0.4, 0.5) is 0 Å². The normalized spacial score (nSPS) is 25.0. The summed E-state index contributed by atoms with van der Waals surface area (Å²) in [5.74, 6) is 2.13. The first-order valence-corrected chi connectivity index (χ1v) is 10.4. The van der Waals surface area contributed by atoms with Crippen molar-refractivity contribution in [3.63, 3.8) is 0 Å². The van der Waals surface area contributed by atoms with E-state index in [0.29, 0.717) is 12.5 Å². The smallest absolute Gasteiger partial charge is 0.248 e. The van der Waals surface area contributed by atoms with Crippen molar-refractivity contribution in [3.05, 3.63) is 59.7 Å². The van der Waals surface area contributed by atoms with Gasteiger partial charge in [-0.15, -0.1) is 0 Å². The van der Waals surface area contributed by atoms with Crippen LogP contribution < -0.4 is 9.47 Å². The molecular formula is C24H29NO4. The van der Waals surface area contributed by atoms with Crippen molar-refractivity contribution >= 4 is 5.91 Å². The minimum Gasteiger partial charge on any atom is -0.493 e. The van der Waals surface area contributed by atoms with E-state index in [1.807, 2.05) is 25.2 Å². The second-order valence-corrected chi connectivity index (χ2v) is 7.99. The lowest BCUT2D eigenvalue weighted by Crippen LogP contribution is -2.40. The van der Waals surface area contributed by atoms with Gasteiger partial charge in [0, 0.05) is 7.05 Å². The summed E-state index contributed by atoms with van der Waals surface area (Å²) >= 11 is 0. The van der Waals surface area contributed by atoms with Crippen LogP contribution >= 0.6 is 0 Å². The standard InChI is InChI=1S/C24H29NO4/c1-25-15-23(28-16-24(25)26)19-10-13-21(27-2)22(14-19)29-20-11-8-18(9-12-20)17-6-4-3-5-7-17/h3-7,10,13-14,18,20,23H,8-9,11-12,15-16H2,1-2H3. The third kappa shape index (κ3) is 4.56. The Morgan fingerprint density at radius 2 is 1.72 bits per heavy atom. The lowest BCUT2D eigenvalue weighted by atomic mass is 9.83. The Morgan fingerprint density at radius 1 is 0.966 bits per heavy atom. The van der Waals surface area contributed by atoms with Crippen LogP contribution in [0.5, 0.6) is 11.5 Å². The number of ether oxygens (including phenoxy) is 3. The molecule has 1 aliphatic carbocycles. The Kier molecular flexibility index (Phi) is 6.05. The van der Waals surface area contributed by atoms with Crippen LogP contribution in [0.15, 0.2) is 48.5 Å². The lowest BCUT2D eigenvalue weighted by Gasteiger charge is -2.31. The molecule has 1 aliphatic heterocycles. The maximum Gasteiger partial charge on any atom is 0.248 e. The Morgan fingerprint density at radius 3 is 2.41 bits per heavy atom. The third-order valence-electron chi connectivity index (χ3n) is 6.07. The first-order chi connectivity index (χ1) is 14.1. The summed E-state index contributed by atoms with van der Waals surface area (Å²) in [7, 11) is 3.47. The molecule has 2 fully saturated rings. The minimum absolute atomic E-state index is 0.0152. The van der Waals surface area contributed by atoms with E-state index < -0.39 is 0 Å². The predicted octanol–water partition coefficient (Wildman–Crippen LogP) is 4.33. The fraction of sp³-hybridized carbons (Fsp3) is 0.458. The summed E-state index contributed by atoms with van der Waals surface area (Å²) in [4.78, 5) is 13.4. The van der Waals surface area contributed by atoms with Gasteiger partial charge in [-0.3, -0.25) is 4.79 Å². The molecule has 4 rings (SSSR count). The quantitative estimate of drug-likeness (QED) is 0.756. The van der Waals surface area contributed by atoms with Crippen molar-refractivity contribution in [3.8, 4) is 11.5 Å². The zero-order chi connectivity index (χ0) is 20.2. The van der Waals surface area contributed by atoms with Crippen LogP contribution in [0.3, 0.4) is 0 Å². The van der Waals surface area contributed by atoms with Gasteiger partial charge in [-0.05, 0) is 54.9 Å². The molecule has 5 heteroatoms. The van der Waals surface area contributed by atoms with Crippen molar-refractivity contribution < 1.29 is 19.0 Å². The molecule has 2 aromatic carbocycles. The average Bonchev–Trinajstić information content (AvgIpc) is 2.77. The number of hydrogen-bond acceptors (Lipinski definition) is 4. The van der Waals surface area contributed by atoms with Gasteiger partial charge in [0.05, 0.1) is 19.8 Å². The Hall–Kier alpha value is -2.53. The molecule has 1 saturated carbocycles. The molecule has 2 aliphatic rings. The highest BCUT2D eigenvalue weighted by atomic mass is 16.5. The van der Waals surface area contributed by atoms with E-state index in [2.05, 4.69) is 30.3 Å². The molecular weight excluding hydrogens is 366 g/mol. The van der Waals surface area contributed by atoms with E-state index in [1.165, 1.54) is 5.56 Å². The summed E-state index contributed by atoms with van der Waals surface area (Å²) in [6.45, 7) is 0.666. The molecule has 0 N–H and O–H groups in total. The van der Waals surface area contributed by atoms with Gasteiger partial charge in [0.15, 0.2) is 11.5 Å². The number of amides is 1. The number of benzene rings is 2. The Labute approximate surface area is 172 Å². The van der Waals surface area contributed by atoms with Crippen molar-refractivity contribution in [1.82, 2.24) is 4.90 Å². The molecule has 29 heavy (non-hydrogen) atoms. The van der Waals surface area contributed by atoms with Gasteiger partial charge >= 0.3 is 0 Å². The van der Waals surface area contributed by atoms with Crippen LogP contribution in [0.25, 0.3) is 0 Å². The minimum atomic E-state index is -0.139. The van der Waals surface area contributed by atoms with Gasteiger partial charge in [0.1, 0.15) is 12.7 Å². The highest BCUT2D eigenvalue weighted by Gasteiger charge is 2.27. The van der Waals surface area contributed by atoms with Crippen LogP contribution in [-0.4, -0.2) is 44.2 Å². The van der Waals surface area contributed by atoms with Crippen molar-refractivity contribution in [2.45, 2.75) is 43.8 Å². The maximum atomic E-state index is 11.7. The van der Waals surface area contributed by atoms with Crippen LogP contribution in [0.2, 0.25) is 0 Å². The highest BCUT2D eigenvalue weighted by Crippen LogP contribution is 2.38. The molecule has 1 unspecified atom stereocenters. The summed E-state index contributed by atoms with van der Waals surface area (Å²) in [6, 6.07) is 16.7. The van der Waals surface area contributed by atoms with Crippen LogP contribution in [-0.2, 0) is 9.53 Å².